The largest absolute Gasteiger partial charge is 0.497 e. The summed E-state index contributed by atoms with van der Waals surface area (Å²) < 4.78 is 5.12. The van der Waals surface area contributed by atoms with Crippen LogP contribution in [0.15, 0.2) is 48.5 Å². The topological polar surface area (TPSA) is 73.8 Å². The summed E-state index contributed by atoms with van der Waals surface area (Å²) in [4.78, 5) is 14.3. The van der Waals surface area contributed by atoms with E-state index in [0.29, 0.717) is 6.54 Å². The van der Waals surface area contributed by atoms with Crippen molar-refractivity contribution >= 4 is 11.7 Å². The van der Waals surface area contributed by atoms with E-state index in [2.05, 4.69) is 15.5 Å². The minimum absolute atomic E-state index is 0.203. The maximum atomic E-state index is 12.0. The van der Waals surface area contributed by atoms with E-state index in [-0.39, 0.29) is 12.1 Å². The molecule has 138 valence electrons. The molecule has 1 heterocycles. The molecule has 0 bridgehead atoms. The summed E-state index contributed by atoms with van der Waals surface area (Å²) in [6.45, 7) is 2.93. The van der Waals surface area contributed by atoms with Crippen molar-refractivity contribution in [1.29, 1.82) is 0 Å². The van der Waals surface area contributed by atoms with Gasteiger partial charge in [-0.3, -0.25) is 4.90 Å². The molecule has 2 amide bonds. The number of anilines is 1. The van der Waals surface area contributed by atoms with Crippen molar-refractivity contribution in [2.45, 2.75) is 25.6 Å². The second-order valence-corrected chi connectivity index (χ2v) is 6.53. The lowest BCUT2D eigenvalue weighted by Crippen LogP contribution is -2.28. The molecule has 1 atom stereocenters. The summed E-state index contributed by atoms with van der Waals surface area (Å²) in [6.07, 6.45) is 0.638. The lowest BCUT2D eigenvalue weighted by Gasteiger charge is -2.15. The molecule has 26 heavy (non-hydrogen) atoms. The van der Waals surface area contributed by atoms with E-state index in [1.165, 1.54) is 5.56 Å². The highest BCUT2D eigenvalue weighted by Crippen LogP contribution is 2.16. The maximum Gasteiger partial charge on any atom is 0.319 e. The predicted octanol–water partition coefficient (Wildman–Crippen LogP) is 2.58. The first kappa shape index (κ1) is 18.2. The summed E-state index contributed by atoms with van der Waals surface area (Å²) in [5.74, 6) is 0.793. The van der Waals surface area contributed by atoms with Gasteiger partial charge in [0.25, 0.3) is 0 Å². The number of carbonyl (C=O) groups is 1. The Morgan fingerprint density at radius 3 is 2.46 bits per heavy atom. The predicted molar refractivity (Wildman–Crippen MR) is 101 cm³/mol. The third kappa shape index (κ3) is 5.21. The molecule has 3 rings (SSSR count). The molecular formula is C20H25N3O3. The smallest absolute Gasteiger partial charge is 0.319 e. The van der Waals surface area contributed by atoms with Crippen molar-refractivity contribution in [3.8, 4) is 5.75 Å². The van der Waals surface area contributed by atoms with Crippen LogP contribution in [0.3, 0.4) is 0 Å². The number of aliphatic hydroxyl groups excluding tert-OH is 1. The van der Waals surface area contributed by atoms with Crippen molar-refractivity contribution < 1.29 is 14.6 Å². The van der Waals surface area contributed by atoms with Crippen LogP contribution in [0.5, 0.6) is 5.75 Å². The minimum atomic E-state index is -0.240. The molecule has 1 saturated heterocycles. The lowest BCUT2D eigenvalue weighted by molar-refractivity contribution is 0.175. The highest BCUT2D eigenvalue weighted by atomic mass is 16.5. The first-order chi connectivity index (χ1) is 12.6. The second kappa shape index (κ2) is 8.69. The molecule has 1 fully saturated rings. The number of amides is 2. The van der Waals surface area contributed by atoms with Crippen molar-refractivity contribution in [2.75, 3.05) is 25.5 Å². The van der Waals surface area contributed by atoms with Crippen LogP contribution in [0.25, 0.3) is 0 Å². The number of benzene rings is 2. The average Bonchev–Trinajstić information content (AvgIpc) is 3.07. The number of ether oxygens (including phenoxy) is 1. The van der Waals surface area contributed by atoms with Crippen LogP contribution < -0.4 is 15.4 Å². The molecule has 6 nitrogen and oxygen atoms in total. The number of urea groups is 1. The SMILES string of the molecule is COc1ccc(CNC(=O)Nc2ccc(CN3CC[C@@H](O)C3)cc2)cc1. The zero-order valence-corrected chi connectivity index (χ0v) is 14.9. The molecule has 0 unspecified atom stereocenters. The fourth-order valence-corrected chi connectivity index (χ4v) is 3.01. The second-order valence-electron chi connectivity index (χ2n) is 6.53. The molecular weight excluding hydrogens is 330 g/mol. The number of methoxy groups -OCH3 is 1. The Bertz CT molecular complexity index is 716. The van der Waals surface area contributed by atoms with Gasteiger partial charge in [-0.15, -0.1) is 0 Å². The number of aliphatic hydroxyl groups is 1. The molecule has 0 saturated carbocycles. The summed E-state index contributed by atoms with van der Waals surface area (Å²) in [7, 11) is 1.63. The number of hydrogen-bond acceptors (Lipinski definition) is 4. The Hall–Kier alpha value is -2.57. The quantitative estimate of drug-likeness (QED) is 0.745. The zero-order valence-electron chi connectivity index (χ0n) is 14.9. The first-order valence-electron chi connectivity index (χ1n) is 8.79. The van der Waals surface area contributed by atoms with E-state index in [1.807, 2.05) is 48.5 Å². The molecule has 2 aromatic rings. The summed E-state index contributed by atoms with van der Waals surface area (Å²) in [5.41, 5.74) is 2.93. The molecule has 1 aliphatic heterocycles. The van der Waals surface area contributed by atoms with Crippen LogP contribution in [-0.2, 0) is 13.1 Å². The van der Waals surface area contributed by atoms with Crippen LogP contribution in [0.4, 0.5) is 10.5 Å². The summed E-state index contributed by atoms with van der Waals surface area (Å²) in [6, 6.07) is 15.1. The Kier molecular flexibility index (Phi) is 6.09. The van der Waals surface area contributed by atoms with Gasteiger partial charge in [0.15, 0.2) is 0 Å². The van der Waals surface area contributed by atoms with E-state index < -0.39 is 0 Å². The fourth-order valence-electron chi connectivity index (χ4n) is 3.01. The Labute approximate surface area is 153 Å². The van der Waals surface area contributed by atoms with Crippen molar-refractivity contribution in [2.24, 2.45) is 0 Å². The minimum Gasteiger partial charge on any atom is -0.497 e. The van der Waals surface area contributed by atoms with Gasteiger partial charge in [0.2, 0.25) is 0 Å². The van der Waals surface area contributed by atoms with Gasteiger partial charge in [0.1, 0.15) is 5.75 Å². The molecule has 3 N–H and O–H groups in total. The molecule has 1 aliphatic rings. The van der Waals surface area contributed by atoms with Crippen molar-refractivity contribution in [1.82, 2.24) is 10.2 Å². The molecule has 0 spiro atoms. The Balaban J connectivity index is 1.44. The van der Waals surface area contributed by atoms with Gasteiger partial charge in [0.05, 0.1) is 13.2 Å². The third-order valence-corrected chi connectivity index (χ3v) is 4.48. The number of likely N-dealkylation sites (tertiary alicyclic amines) is 1. The molecule has 6 heteroatoms. The number of carbonyl (C=O) groups excluding carboxylic acids is 1. The highest BCUT2D eigenvalue weighted by molar-refractivity contribution is 5.89. The fraction of sp³-hybridized carbons (Fsp3) is 0.350. The van der Waals surface area contributed by atoms with E-state index in [1.54, 1.807) is 7.11 Å². The average molecular weight is 355 g/mol. The third-order valence-electron chi connectivity index (χ3n) is 4.48. The molecule has 2 aromatic carbocycles. The van der Waals surface area contributed by atoms with Gasteiger partial charge < -0.3 is 20.5 Å². The van der Waals surface area contributed by atoms with Crippen LogP contribution in [0, 0.1) is 0 Å². The molecule has 0 aliphatic carbocycles. The monoisotopic (exact) mass is 355 g/mol. The standard InChI is InChI=1S/C20H25N3O3/c1-26-19-8-4-15(5-9-19)12-21-20(25)22-17-6-2-16(3-7-17)13-23-11-10-18(24)14-23/h2-9,18,24H,10-14H2,1H3,(H2,21,22,25)/t18-/m1/s1. The number of hydrogen-bond donors (Lipinski definition) is 3. The number of nitrogens with zero attached hydrogens (tertiary/aromatic N) is 1. The van der Waals surface area contributed by atoms with Crippen LogP contribution >= 0.6 is 0 Å². The van der Waals surface area contributed by atoms with Crippen LogP contribution in [0.2, 0.25) is 0 Å². The van der Waals surface area contributed by atoms with E-state index in [9.17, 15) is 9.90 Å². The lowest BCUT2D eigenvalue weighted by atomic mass is 10.2. The zero-order chi connectivity index (χ0) is 18.4. The van der Waals surface area contributed by atoms with Crippen molar-refractivity contribution in [3.05, 3.63) is 59.7 Å². The Morgan fingerprint density at radius 1 is 1.15 bits per heavy atom. The van der Waals surface area contributed by atoms with Crippen molar-refractivity contribution in [3.63, 3.8) is 0 Å². The van der Waals surface area contributed by atoms with Gasteiger partial charge in [-0.05, 0) is 41.8 Å². The van der Waals surface area contributed by atoms with Gasteiger partial charge in [-0.25, -0.2) is 4.79 Å². The number of β-amino-alcohol motifs (C(OH)–C–C–N with tert-alkyl or cyclic N) is 1. The number of rotatable bonds is 6. The van der Waals surface area contributed by atoms with Crippen LogP contribution in [0.1, 0.15) is 17.5 Å². The first-order valence-corrected chi connectivity index (χ1v) is 8.79. The maximum absolute atomic E-state index is 12.0. The van der Waals surface area contributed by atoms with E-state index in [4.69, 9.17) is 4.74 Å². The van der Waals surface area contributed by atoms with Gasteiger partial charge in [-0.1, -0.05) is 24.3 Å². The van der Waals surface area contributed by atoms with Gasteiger partial charge >= 0.3 is 6.03 Å². The van der Waals surface area contributed by atoms with Crippen LogP contribution in [-0.4, -0.2) is 42.3 Å². The Morgan fingerprint density at radius 2 is 1.85 bits per heavy atom. The summed E-state index contributed by atoms with van der Waals surface area (Å²) >= 11 is 0. The molecule has 0 aromatic heterocycles. The van der Waals surface area contributed by atoms with Gasteiger partial charge in [-0.2, -0.15) is 0 Å². The van der Waals surface area contributed by atoms with E-state index >= 15 is 0 Å². The summed E-state index contributed by atoms with van der Waals surface area (Å²) in [5, 5.41) is 15.2. The number of nitrogens with one attached hydrogen (secondary N) is 2. The normalized spacial score (nSPS) is 17.1. The van der Waals surface area contributed by atoms with E-state index in [0.717, 1.165) is 43.1 Å². The molecule has 0 radical (unpaired) electrons. The highest BCUT2D eigenvalue weighted by Gasteiger charge is 2.19. The van der Waals surface area contributed by atoms with Gasteiger partial charge in [0, 0.05) is 31.9 Å².